The molecule has 2 heterocycles. The summed E-state index contributed by atoms with van der Waals surface area (Å²) < 4.78 is 20.7. The van der Waals surface area contributed by atoms with Gasteiger partial charge in [-0.1, -0.05) is 23.7 Å². The first-order chi connectivity index (χ1) is 13.0. The summed E-state index contributed by atoms with van der Waals surface area (Å²) in [7, 11) is 1.54. The monoisotopic (exact) mass is 438 g/mol. The van der Waals surface area contributed by atoms with Crippen molar-refractivity contribution < 1.29 is 9.13 Å². The number of hydrogen-bond donors (Lipinski definition) is 2. The highest BCUT2D eigenvalue weighted by atomic mass is 35.5. The van der Waals surface area contributed by atoms with Gasteiger partial charge in [-0.15, -0.1) is 23.7 Å². The molecule has 0 bridgehead atoms. The van der Waals surface area contributed by atoms with Crippen molar-refractivity contribution in [2.75, 3.05) is 13.7 Å². The number of aromatic nitrogens is 1. The molecular formula is C20H17Cl2FN2O2S. The van der Waals surface area contributed by atoms with Crippen molar-refractivity contribution in [1.29, 1.82) is 0 Å². The number of nitrogens with two attached hydrogens (primary N) is 1. The van der Waals surface area contributed by atoms with Gasteiger partial charge in [0, 0.05) is 22.4 Å². The molecule has 3 N–H and O–H groups in total. The molecule has 0 spiro atoms. The fraction of sp³-hybridized carbons (Fsp3) is 0.150. The van der Waals surface area contributed by atoms with Crippen molar-refractivity contribution in [3.05, 3.63) is 62.5 Å². The third-order valence-electron chi connectivity index (χ3n) is 4.60. The molecule has 28 heavy (non-hydrogen) atoms. The number of rotatable bonds is 4. The molecule has 0 aliphatic heterocycles. The number of ether oxygens (including phenoxy) is 1. The summed E-state index contributed by atoms with van der Waals surface area (Å²) in [6.07, 6.45) is 0.465. The zero-order valence-corrected chi connectivity index (χ0v) is 17.2. The molecule has 0 amide bonds. The normalized spacial score (nSPS) is 11.0. The Balaban J connectivity index is 0.00000225. The highest BCUT2D eigenvalue weighted by Gasteiger charge is 2.19. The van der Waals surface area contributed by atoms with Gasteiger partial charge in [-0.2, -0.15) is 0 Å². The lowest BCUT2D eigenvalue weighted by Gasteiger charge is -2.15. The molecule has 0 atom stereocenters. The maximum atomic E-state index is 14.6. The largest absolute Gasteiger partial charge is 0.496 e. The molecule has 146 valence electrons. The summed E-state index contributed by atoms with van der Waals surface area (Å²) in [5.74, 6) is 0.187. The summed E-state index contributed by atoms with van der Waals surface area (Å²) in [6, 6.07) is 8.55. The van der Waals surface area contributed by atoms with Crippen LogP contribution in [0.1, 0.15) is 5.56 Å². The molecule has 0 fully saturated rings. The van der Waals surface area contributed by atoms with Gasteiger partial charge in [0.2, 0.25) is 0 Å². The minimum Gasteiger partial charge on any atom is -0.496 e. The SMILES string of the molecule is COc1cc(Cl)c2[nH]c(=O)c3sccc3c2c1-c1ccc(CCN)c(F)c1.Cl. The Kier molecular flexibility index (Phi) is 5.95. The van der Waals surface area contributed by atoms with Gasteiger partial charge in [-0.25, -0.2) is 4.39 Å². The lowest BCUT2D eigenvalue weighted by Crippen LogP contribution is -2.06. The number of benzene rings is 2. The Labute approximate surface area is 175 Å². The van der Waals surface area contributed by atoms with Crippen molar-refractivity contribution >= 4 is 56.3 Å². The van der Waals surface area contributed by atoms with Gasteiger partial charge in [0.1, 0.15) is 16.3 Å². The van der Waals surface area contributed by atoms with Crippen LogP contribution in [-0.2, 0) is 6.42 Å². The van der Waals surface area contributed by atoms with Crippen molar-refractivity contribution in [3.8, 4) is 16.9 Å². The molecule has 4 aromatic rings. The Morgan fingerprint density at radius 3 is 2.75 bits per heavy atom. The van der Waals surface area contributed by atoms with E-state index in [0.717, 1.165) is 10.8 Å². The molecule has 0 saturated heterocycles. The zero-order valence-electron chi connectivity index (χ0n) is 14.8. The van der Waals surface area contributed by atoms with Crippen LogP contribution in [0.25, 0.3) is 32.1 Å². The number of fused-ring (bicyclic) bond motifs is 3. The van der Waals surface area contributed by atoms with E-state index >= 15 is 0 Å². The van der Waals surface area contributed by atoms with E-state index in [-0.39, 0.29) is 23.8 Å². The quantitative estimate of drug-likeness (QED) is 0.463. The molecular weight excluding hydrogens is 422 g/mol. The predicted molar refractivity (Wildman–Crippen MR) is 117 cm³/mol. The van der Waals surface area contributed by atoms with Crippen molar-refractivity contribution in [1.82, 2.24) is 4.98 Å². The summed E-state index contributed by atoms with van der Waals surface area (Å²) >= 11 is 7.75. The topological polar surface area (TPSA) is 68.1 Å². The minimum absolute atomic E-state index is 0. The number of aromatic amines is 1. The molecule has 0 aliphatic rings. The van der Waals surface area contributed by atoms with Gasteiger partial charge >= 0.3 is 0 Å². The highest BCUT2D eigenvalue weighted by molar-refractivity contribution is 7.17. The Morgan fingerprint density at radius 1 is 1.29 bits per heavy atom. The number of methoxy groups -OCH3 is 1. The molecule has 0 unspecified atom stereocenters. The first-order valence-corrected chi connectivity index (χ1v) is 9.59. The third kappa shape index (κ3) is 3.26. The van der Waals surface area contributed by atoms with E-state index in [4.69, 9.17) is 22.1 Å². The number of pyridine rings is 1. The molecule has 2 aromatic heterocycles. The fourth-order valence-electron chi connectivity index (χ4n) is 3.38. The average Bonchev–Trinajstić information content (AvgIpc) is 3.15. The average molecular weight is 439 g/mol. The van der Waals surface area contributed by atoms with E-state index in [1.807, 2.05) is 17.5 Å². The van der Waals surface area contributed by atoms with Crippen LogP contribution in [0.3, 0.4) is 0 Å². The van der Waals surface area contributed by atoms with Crippen LogP contribution in [0.4, 0.5) is 4.39 Å². The van der Waals surface area contributed by atoms with E-state index in [1.165, 1.54) is 24.5 Å². The van der Waals surface area contributed by atoms with Gasteiger partial charge in [0.15, 0.2) is 0 Å². The third-order valence-corrected chi connectivity index (χ3v) is 5.81. The molecule has 4 rings (SSSR count). The number of thiophene rings is 1. The van der Waals surface area contributed by atoms with Crippen LogP contribution in [-0.4, -0.2) is 18.6 Å². The number of nitrogens with one attached hydrogen (secondary N) is 1. The molecule has 0 saturated carbocycles. The van der Waals surface area contributed by atoms with Gasteiger partial charge in [0.25, 0.3) is 5.56 Å². The maximum Gasteiger partial charge on any atom is 0.266 e. The molecule has 4 nitrogen and oxygen atoms in total. The number of H-pyrrole nitrogens is 1. The van der Waals surface area contributed by atoms with Crippen LogP contribution in [0.2, 0.25) is 5.02 Å². The first-order valence-electron chi connectivity index (χ1n) is 8.33. The van der Waals surface area contributed by atoms with E-state index in [0.29, 0.717) is 50.6 Å². The Morgan fingerprint density at radius 2 is 2.07 bits per heavy atom. The first kappa shape index (κ1) is 20.6. The van der Waals surface area contributed by atoms with Crippen LogP contribution in [0.5, 0.6) is 5.75 Å². The second-order valence-corrected chi connectivity index (χ2v) is 7.47. The molecule has 8 heteroatoms. The van der Waals surface area contributed by atoms with Crippen LogP contribution < -0.4 is 16.0 Å². The smallest absolute Gasteiger partial charge is 0.266 e. The minimum atomic E-state index is -0.325. The van der Waals surface area contributed by atoms with Gasteiger partial charge in [-0.05, 0) is 41.6 Å². The zero-order chi connectivity index (χ0) is 19.1. The van der Waals surface area contributed by atoms with Crippen LogP contribution >= 0.6 is 35.3 Å². The summed E-state index contributed by atoms with van der Waals surface area (Å²) in [4.78, 5) is 15.2. The van der Waals surface area contributed by atoms with E-state index in [2.05, 4.69) is 4.98 Å². The number of hydrogen-bond acceptors (Lipinski definition) is 4. The van der Waals surface area contributed by atoms with Crippen molar-refractivity contribution in [2.45, 2.75) is 6.42 Å². The standard InChI is InChI=1S/C20H16ClFN2O2S.ClH/c1-26-15-9-13(21)18-17(12-5-7-27-19(12)20(25)24-18)16(15)11-3-2-10(4-6-23)14(22)8-11;/h2-3,5,7-9H,4,6,23H2,1H3,(H,24,25);1H. The predicted octanol–water partition coefficient (Wildman–Crippen LogP) is 5.13. The summed E-state index contributed by atoms with van der Waals surface area (Å²) in [5, 5.41) is 3.72. The number of halogens is 3. The van der Waals surface area contributed by atoms with Crippen molar-refractivity contribution in [2.24, 2.45) is 5.73 Å². The molecule has 2 aromatic carbocycles. The fourth-order valence-corrected chi connectivity index (χ4v) is 4.42. The molecule has 0 aliphatic carbocycles. The lowest BCUT2D eigenvalue weighted by atomic mass is 9.95. The second-order valence-electron chi connectivity index (χ2n) is 6.15. The highest BCUT2D eigenvalue weighted by Crippen LogP contribution is 2.43. The second kappa shape index (κ2) is 8.09. The van der Waals surface area contributed by atoms with Gasteiger partial charge in [-0.3, -0.25) is 4.79 Å². The Bertz CT molecular complexity index is 1240. The maximum absolute atomic E-state index is 14.6. The van der Waals surface area contributed by atoms with Gasteiger partial charge < -0.3 is 15.5 Å². The van der Waals surface area contributed by atoms with E-state index in [9.17, 15) is 9.18 Å². The molecule has 0 radical (unpaired) electrons. The van der Waals surface area contributed by atoms with E-state index < -0.39 is 0 Å². The summed E-state index contributed by atoms with van der Waals surface area (Å²) in [6.45, 7) is 0.375. The lowest BCUT2D eigenvalue weighted by molar-refractivity contribution is 0.417. The summed E-state index contributed by atoms with van der Waals surface area (Å²) in [5.41, 5.74) is 7.75. The Hall–Kier alpha value is -2.12. The van der Waals surface area contributed by atoms with Crippen molar-refractivity contribution in [3.63, 3.8) is 0 Å². The van der Waals surface area contributed by atoms with Crippen LogP contribution in [0, 0.1) is 5.82 Å². The van der Waals surface area contributed by atoms with E-state index in [1.54, 1.807) is 12.1 Å². The van der Waals surface area contributed by atoms with Gasteiger partial charge in [0.05, 0.1) is 17.6 Å². The van der Waals surface area contributed by atoms with Crippen LogP contribution in [0.15, 0.2) is 40.5 Å².